The van der Waals surface area contributed by atoms with Crippen LogP contribution in [0.15, 0.2) is 42.5 Å². The van der Waals surface area contributed by atoms with Gasteiger partial charge in [0.25, 0.3) is 0 Å². The first-order chi connectivity index (χ1) is 12.4. The molecule has 2 aromatic rings. The van der Waals surface area contributed by atoms with Crippen LogP contribution in [0.1, 0.15) is 11.1 Å². The topological polar surface area (TPSA) is 59.6 Å². The SMILES string of the molecule is O=C(NCC#Cc1cccc(C(F)(F)F)c1)Nc1ccc2c(c1)OCO2. The third-order valence-corrected chi connectivity index (χ3v) is 3.39. The summed E-state index contributed by atoms with van der Waals surface area (Å²) in [5.41, 5.74) is -0.0341. The molecular formula is C18H13F3N2O3. The summed E-state index contributed by atoms with van der Waals surface area (Å²) in [4.78, 5) is 11.8. The summed E-state index contributed by atoms with van der Waals surface area (Å²) in [6.07, 6.45) is -4.42. The number of benzene rings is 2. The molecule has 8 heteroatoms. The second-order valence-electron chi connectivity index (χ2n) is 5.26. The summed E-state index contributed by atoms with van der Waals surface area (Å²) >= 11 is 0. The summed E-state index contributed by atoms with van der Waals surface area (Å²) in [6, 6.07) is 9.13. The van der Waals surface area contributed by atoms with Crippen LogP contribution >= 0.6 is 0 Å². The van der Waals surface area contributed by atoms with Crippen molar-refractivity contribution >= 4 is 11.7 Å². The largest absolute Gasteiger partial charge is 0.454 e. The summed E-state index contributed by atoms with van der Waals surface area (Å²) in [5, 5.41) is 5.09. The molecule has 2 N–H and O–H groups in total. The molecule has 0 saturated carbocycles. The molecule has 0 saturated heterocycles. The molecule has 3 rings (SSSR count). The second-order valence-corrected chi connectivity index (χ2v) is 5.26. The molecule has 134 valence electrons. The van der Waals surface area contributed by atoms with Crippen LogP contribution in [0, 0.1) is 11.8 Å². The lowest BCUT2D eigenvalue weighted by Gasteiger charge is -2.06. The maximum atomic E-state index is 12.6. The van der Waals surface area contributed by atoms with Gasteiger partial charge in [0.1, 0.15) is 0 Å². The summed E-state index contributed by atoms with van der Waals surface area (Å²) in [6.45, 7) is 0.114. The summed E-state index contributed by atoms with van der Waals surface area (Å²) < 4.78 is 48.2. The highest BCUT2D eigenvalue weighted by atomic mass is 19.4. The number of rotatable bonds is 2. The molecule has 1 heterocycles. The van der Waals surface area contributed by atoms with Gasteiger partial charge >= 0.3 is 12.2 Å². The Morgan fingerprint density at radius 1 is 1.12 bits per heavy atom. The number of fused-ring (bicyclic) bond motifs is 1. The predicted molar refractivity (Wildman–Crippen MR) is 87.9 cm³/mol. The van der Waals surface area contributed by atoms with Crippen molar-refractivity contribution in [3.63, 3.8) is 0 Å². The van der Waals surface area contributed by atoms with Crippen LogP contribution < -0.4 is 20.1 Å². The van der Waals surface area contributed by atoms with Gasteiger partial charge in [0.05, 0.1) is 12.1 Å². The number of ether oxygens (including phenoxy) is 2. The molecule has 1 aliphatic heterocycles. The minimum absolute atomic E-state index is 0.0212. The zero-order valence-electron chi connectivity index (χ0n) is 13.3. The third-order valence-electron chi connectivity index (χ3n) is 3.39. The average Bonchev–Trinajstić information content (AvgIpc) is 3.06. The van der Waals surface area contributed by atoms with Gasteiger partial charge in [-0.15, -0.1) is 0 Å². The molecule has 0 aliphatic carbocycles. The van der Waals surface area contributed by atoms with Crippen molar-refractivity contribution in [1.29, 1.82) is 0 Å². The highest BCUT2D eigenvalue weighted by Crippen LogP contribution is 2.34. The Balaban J connectivity index is 1.52. The van der Waals surface area contributed by atoms with Gasteiger partial charge in [-0.1, -0.05) is 17.9 Å². The minimum atomic E-state index is -4.42. The average molecular weight is 362 g/mol. The van der Waals surface area contributed by atoms with Crippen LogP contribution in [0.2, 0.25) is 0 Å². The van der Waals surface area contributed by atoms with Gasteiger partial charge in [0.15, 0.2) is 11.5 Å². The number of alkyl halides is 3. The number of hydrogen-bond acceptors (Lipinski definition) is 3. The Morgan fingerprint density at radius 3 is 2.73 bits per heavy atom. The van der Waals surface area contributed by atoms with Gasteiger partial charge in [0, 0.05) is 17.3 Å². The number of urea groups is 1. The van der Waals surface area contributed by atoms with E-state index in [1.807, 2.05) is 0 Å². The molecule has 0 atom stereocenters. The van der Waals surface area contributed by atoms with Crippen molar-refractivity contribution in [3.8, 4) is 23.3 Å². The van der Waals surface area contributed by atoms with E-state index in [-0.39, 0.29) is 18.9 Å². The van der Waals surface area contributed by atoms with E-state index in [1.54, 1.807) is 18.2 Å². The van der Waals surface area contributed by atoms with Crippen molar-refractivity contribution in [2.75, 3.05) is 18.7 Å². The quantitative estimate of drug-likeness (QED) is 0.803. The molecule has 1 aliphatic rings. The monoisotopic (exact) mass is 362 g/mol. The molecule has 0 unspecified atom stereocenters. The van der Waals surface area contributed by atoms with E-state index < -0.39 is 17.8 Å². The number of halogens is 3. The first-order valence-electron chi connectivity index (χ1n) is 7.52. The highest BCUT2D eigenvalue weighted by Gasteiger charge is 2.30. The van der Waals surface area contributed by atoms with E-state index in [0.717, 1.165) is 12.1 Å². The van der Waals surface area contributed by atoms with Gasteiger partial charge < -0.3 is 20.1 Å². The maximum absolute atomic E-state index is 12.6. The Hall–Kier alpha value is -3.34. The predicted octanol–water partition coefficient (Wildman–Crippen LogP) is 3.61. The van der Waals surface area contributed by atoms with Crippen molar-refractivity contribution in [3.05, 3.63) is 53.6 Å². The second kappa shape index (κ2) is 7.27. The lowest BCUT2D eigenvalue weighted by atomic mass is 10.1. The van der Waals surface area contributed by atoms with Crippen LogP contribution in [0.3, 0.4) is 0 Å². The van der Waals surface area contributed by atoms with E-state index in [1.165, 1.54) is 12.1 Å². The van der Waals surface area contributed by atoms with Gasteiger partial charge in [-0.3, -0.25) is 0 Å². The molecule has 2 aromatic carbocycles. The molecule has 0 radical (unpaired) electrons. The van der Waals surface area contributed by atoms with Gasteiger partial charge in [0.2, 0.25) is 6.79 Å². The van der Waals surface area contributed by atoms with E-state index in [0.29, 0.717) is 17.2 Å². The van der Waals surface area contributed by atoms with Gasteiger partial charge in [-0.05, 0) is 30.3 Å². The lowest BCUT2D eigenvalue weighted by Crippen LogP contribution is -2.28. The molecule has 0 spiro atoms. The van der Waals surface area contributed by atoms with Crippen LogP contribution in [-0.4, -0.2) is 19.4 Å². The molecule has 2 amide bonds. The summed E-state index contributed by atoms with van der Waals surface area (Å²) in [5.74, 6) is 6.32. The number of carbonyl (C=O) groups excluding carboxylic acids is 1. The zero-order valence-corrected chi connectivity index (χ0v) is 13.3. The molecule has 5 nitrogen and oxygen atoms in total. The Labute approximate surface area is 147 Å². The smallest absolute Gasteiger partial charge is 0.416 e. The molecular weight excluding hydrogens is 349 g/mol. The Kier molecular flexibility index (Phi) is 4.89. The summed E-state index contributed by atoms with van der Waals surface area (Å²) in [7, 11) is 0. The van der Waals surface area contributed by atoms with Crippen LogP contribution in [0.25, 0.3) is 0 Å². The van der Waals surface area contributed by atoms with E-state index in [9.17, 15) is 18.0 Å². The van der Waals surface area contributed by atoms with Crippen molar-refractivity contribution < 1.29 is 27.4 Å². The molecule has 0 aromatic heterocycles. The van der Waals surface area contributed by atoms with Crippen molar-refractivity contribution in [1.82, 2.24) is 5.32 Å². The number of amides is 2. The number of hydrogen-bond donors (Lipinski definition) is 2. The fourth-order valence-electron chi connectivity index (χ4n) is 2.19. The van der Waals surface area contributed by atoms with Crippen LogP contribution in [-0.2, 0) is 6.18 Å². The molecule has 0 fully saturated rings. The maximum Gasteiger partial charge on any atom is 0.416 e. The minimum Gasteiger partial charge on any atom is -0.454 e. The standard InChI is InChI=1S/C18H13F3N2O3/c19-18(20,21)13-5-1-3-12(9-13)4-2-8-22-17(24)23-14-6-7-15-16(10-14)26-11-25-15/h1,3,5-7,9-10H,8,11H2,(H2,22,23,24). The Morgan fingerprint density at radius 2 is 1.92 bits per heavy atom. The van der Waals surface area contributed by atoms with Crippen molar-refractivity contribution in [2.45, 2.75) is 6.18 Å². The third kappa shape index (κ3) is 4.39. The first kappa shape index (κ1) is 17.5. The van der Waals surface area contributed by atoms with E-state index in [4.69, 9.17) is 9.47 Å². The van der Waals surface area contributed by atoms with Crippen LogP contribution in [0.4, 0.5) is 23.7 Å². The van der Waals surface area contributed by atoms with E-state index >= 15 is 0 Å². The fraction of sp³-hybridized carbons (Fsp3) is 0.167. The molecule has 26 heavy (non-hydrogen) atoms. The highest BCUT2D eigenvalue weighted by molar-refractivity contribution is 5.89. The fourth-order valence-corrected chi connectivity index (χ4v) is 2.19. The molecule has 0 bridgehead atoms. The number of nitrogens with one attached hydrogen (secondary N) is 2. The Bertz CT molecular complexity index is 885. The van der Waals surface area contributed by atoms with Crippen molar-refractivity contribution in [2.24, 2.45) is 0 Å². The lowest BCUT2D eigenvalue weighted by molar-refractivity contribution is -0.137. The van der Waals surface area contributed by atoms with Gasteiger partial charge in [-0.25, -0.2) is 4.79 Å². The zero-order chi connectivity index (χ0) is 18.6. The number of anilines is 1. The number of carbonyl (C=O) groups is 1. The first-order valence-corrected chi connectivity index (χ1v) is 7.52. The van der Waals surface area contributed by atoms with Gasteiger partial charge in [-0.2, -0.15) is 13.2 Å². The normalized spacial score (nSPS) is 12.1. The van der Waals surface area contributed by atoms with Crippen LogP contribution in [0.5, 0.6) is 11.5 Å². The van der Waals surface area contributed by atoms with E-state index in [2.05, 4.69) is 22.5 Å².